The van der Waals surface area contributed by atoms with Crippen molar-refractivity contribution in [3.05, 3.63) is 0 Å². The molecule has 0 aromatic heterocycles. The molecule has 13 heavy (non-hydrogen) atoms. The van der Waals surface area contributed by atoms with Gasteiger partial charge >= 0.3 is 0 Å². The Morgan fingerprint density at radius 1 is 1.62 bits per heavy atom. The zero-order valence-corrected chi connectivity index (χ0v) is 7.77. The number of carbonyl (C=O) groups excluding carboxylic acids is 1. The van der Waals surface area contributed by atoms with E-state index in [0.717, 1.165) is 0 Å². The summed E-state index contributed by atoms with van der Waals surface area (Å²) < 4.78 is 10.5. The number of carbonyl (C=O) groups is 1. The van der Waals surface area contributed by atoms with Crippen LogP contribution in [-0.4, -0.2) is 42.0 Å². The highest BCUT2D eigenvalue weighted by molar-refractivity contribution is 5.58. The Balaban J connectivity index is 2.68. The van der Waals surface area contributed by atoms with Crippen LogP contribution in [0.25, 0.3) is 0 Å². The second-order valence-electron chi connectivity index (χ2n) is 3.50. The van der Waals surface area contributed by atoms with E-state index in [2.05, 4.69) is 0 Å². The Morgan fingerprint density at radius 2 is 2.23 bits per heavy atom. The van der Waals surface area contributed by atoms with Crippen LogP contribution in [-0.2, 0) is 14.3 Å². The van der Waals surface area contributed by atoms with Crippen LogP contribution in [0.3, 0.4) is 0 Å². The Kier molecular flexibility index (Phi) is 3.02. The third-order valence-corrected chi connectivity index (χ3v) is 1.92. The van der Waals surface area contributed by atoms with Crippen LogP contribution in [0.4, 0.5) is 0 Å². The molecule has 1 saturated heterocycles. The average molecular weight is 189 g/mol. The number of aliphatic hydroxyl groups excluding tert-OH is 1. The van der Waals surface area contributed by atoms with Crippen molar-refractivity contribution < 1.29 is 19.4 Å². The van der Waals surface area contributed by atoms with Crippen molar-refractivity contribution in [2.75, 3.05) is 6.54 Å². The van der Waals surface area contributed by atoms with Gasteiger partial charge in [-0.1, -0.05) is 0 Å². The number of nitrogens with two attached hydrogens (primary N) is 1. The normalized spacial score (nSPS) is 34.5. The molecule has 5 nitrogen and oxygen atoms in total. The fourth-order valence-corrected chi connectivity index (χ4v) is 1.35. The number of aldehydes is 1. The molecule has 0 aliphatic carbocycles. The molecular weight excluding hydrogens is 174 g/mol. The molecule has 0 bridgehead atoms. The van der Waals surface area contributed by atoms with Gasteiger partial charge < -0.3 is 25.1 Å². The molecule has 5 heteroatoms. The summed E-state index contributed by atoms with van der Waals surface area (Å²) in [6.07, 6.45) is -1.62. The Labute approximate surface area is 76.8 Å². The number of rotatable bonds is 3. The second-order valence-corrected chi connectivity index (χ2v) is 3.50. The smallest absolute Gasteiger partial charge is 0.164 e. The summed E-state index contributed by atoms with van der Waals surface area (Å²) in [6.45, 7) is 3.42. The lowest BCUT2D eigenvalue weighted by Crippen LogP contribution is -2.40. The van der Waals surface area contributed by atoms with E-state index in [0.29, 0.717) is 6.29 Å². The van der Waals surface area contributed by atoms with Gasteiger partial charge in [0.1, 0.15) is 12.2 Å². The standard InChI is InChI=1S/C8H15NO4/c1-8(2)12-6(4-10)7(13-8)5(11)3-9/h4-7,11H,3,9H2,1-2H3/t5?,6-,7?/m0/s1. The molecule has 0 radical (unpaired) electrons. The van der Waals surface area contributed by atoms with E-state index in [1.54, 1.807) is 13.8 Å². The summed E-state index contributed by atoms with van der Waals surface area (Å²) in [4.78, 5) is 10.6. The molecule has 1 aliphatic rings. The second kappa shape index (κ2) is 3.71. The highest BCUT2D eigenvalue weighted by Crippen LogP contribution is 2.28. The van der Waals surface area contributed by atoms with Gasteiger partial charge in [-0.05, 0) is 13.8 Å². The summed E-state index contributed by atoms with van der Waals surface area (Å²) in [5.41, 5.74) is 5.26. The van der Waals surface area contributed by atoms with E-state index >= 15 is 0 Å². The van der Waals surface area contributed by atoms with Crippen molar-refractivity contribution in [1.82, 2.24) is 0 Å². The molecular formula is C8H15NO4. The fraction of sp³-hybridized carbons (Fsp3) is 0.875. The van der Waals surface area contributed by atoms with E-state index in [1.165, 1.54) is 0 Å². The van der Waals surface area contributed by atoms with Gasteiger partial charge in [-0.15, -0.1) is 0 Å². The van der Waals surface area contributed by atoms with E-state index in [-0.39, 0.29) is 6.54 Å². The molecule has 3 atom stereocenters. The zero-order chi connectivity index (χ0) is 10.1. The maximum Gasteiger partial charge on any atom is 0.164 e. The van der Waals surface area contributed by atoms with Crippen LogP contribution in [0.1, 0.15) is 13.8 Å². The van der Waals surface area contributed by atoms with Gasteiger partial charge in [0.2, 0.25) is 0 Å². The van der Waals surface area contributed by atoms with E-state index < -0.39 is 24.1 Å². The van der Waals surface area contributed by atoms with Gasteiger partial charge in [-0.3, -0.25) is 0 Å². The predicted molar refractivity (Wildman–Crippen MR) is 45.0 cm³/mol. The molecule has 3 N–H and O–H groups in total. The topological polar surface area (TPSA) is 81.8 Å². The molecule has 1 rings (SSSR count). The number of aliphatic hydroxyl groups is 1. The molecule has 1 aliphatic heterocycles. The molecule has 0 amide bonds. The Morgan fingerprint density at radius 3 is 2.69 bits per heavy atom. The molecule has 0 saturated carbocycles. The van der Waals surface area contributed by atoms with Crippen molar-refractivity contribution in [2.45, 2.75) is 37.9 Å². The quantitative estimate of drug-likeness (QED) is 0.558. The Bertz CT molecular complexity index is 195. The molecule has 76 valence electrons. The SMILES string of the molecule is CC1(C)OC(C(O)CN)[C@H](C=O)O1. The maximum absolute atomic E-state index is 10.6. The van der Waals surface area contributed by atoms with Crippen LogP contribution in [0.2, 0.25) is 0 Å². The third kappa shape index (κ3) is 2.25. The van der Waals surface area contributed by atoms with Crippen LogP contribution in [0.15, 0.2) is 0 Å². The van der Waals surface area contributed by atoms with E-state index in [1.807, 2.05) is 0 Å². The first-order valence-corrected chi connectivity index (χ1v) is 4.19. The van der Waals surface area contributed by atoms with Gasteiger partial charge in [0, 0.05) is 6.54 Å². The molecule has 0 spiro atoms. The van der Waals surface area contributed by atoms with Crippen molar-refractivity contribution in [3.8, 4) is 0 Å². The van der Waals surface area contributed by atoms with E-state index in [9.17, 15) is 9.90 Å². The van der Waals surface area contributed by atoms with Crippen molar-refractivity contribution in [3.63, 3.8) is 0 Å². The number of hydrogen-bond acceptors (Lipinski definition) is 5. The highest BCUT2D eigenvalue weighted by Gasteiger charge is 2.44. The van der Waals surface area contributed by atoms with Crippen LogP contribution >= 0.6 is 0 Å². The van der Waals surface area contributed by atoms with Crippen molar-refractivity contribution in [1.29, 1.82) is 0 Å². The lowest BCUT2D eigenvalue weighted by molar-refractivity contribution is -0.156. The minimum absolute atomic E-state index is 0.0500. The van der Waals surface area contributed by atoms with Gasteiger partial charge in [-0.2, -0.15) is 0 Å². The lowest BCUT2D eigenvalue weighted by atomic mass is 10.1. The van der Waals surface area contributed by atoms with Gasteiger partial charge in [-0.25, -0.2) is 0 Å². The summed E-state index contributed by atoms with van der Waals surface area (Å²) >= 11 is 0. The third-order valence-electron chi connectivity index (χ3n) is 1.92. The predicted octanol–water partition coefficient (Wildman–Crippen LogP) is -0.975. The molecule has 1 fully saturated rings. The highest BCUT2D eigenvalue weighted by atomic mass is 16.8. The van der Waals surface area contributed by atoms with Crippen molar-refractivity contribution in [2.24, 2.45) is 5.73 Å². The van der Waals surface area contributed by atoms with Crippen LogP contribution < -0.4 is 5.73 Å². The number of hydrogen-bond donors (Lipinski definition) is 2. The molecule has 0 aromatic carbocycles. The Hall–Kier alpha value is -0.490. The lowest BCUT2D eigenvalue weighted by Gasteiger charge is -2.19. The zero-order valence-electron chi connectivity index (χ0n) is 7.77. The number of ether oxygens (including phenoxy) is 2. The molecule has 0 aromatic rings. The van der Waals surface area contributed by atoms with Crippen molar-refractivity contribution >= 4 is 6.29 Å². The van der Waals surface area contributed by atoms with Crippen LogP contribution in [0.5, 0.6) is 0 Å². The van der Waals surface area contributed by atoms with Crippen LogP contribution in [0, 0.1) is 0 Å². The summed E-state index contributed by atoms with van der Waals surface area (Å²) in [7, 11) is 0. The van der Waals surface area contributed by atoms with Gasteiger partial charge in [0.15, 0.2) is 12.1 Å². The summed E-state index contributed by atoms with van der Waals surface area (Å²) in [5, 5.41) is 9.40. The summed E-state index contributed by atoms with van der Waals surface area (Å²) in [6, 6.07) is 0. The fourth-order valence-electron chi connectivity index (χ4n) is 1.35. The largest absolute Gasteiger partial charge is 0.389 e. The maximum atomic E-state index is 10.6. The minimum Gasteiger partial charge on any atom is -0.389 e. The van der Waals surface area contributed by atoms with E-state index in [4.69, 9.17) is 15.2 Å². The first kappa shape index (κ1) is 10.6. The van der Waals surface area contributed by atoms with Gasteiger partial charge in [0.25, 0.3) is 0 Å². The first-order chi connectivity index (χ1) is 6.00. The molecule has 1 heterocycles. The summed E-state index contributed by atoms with van der Waals surface area (Å²) in [5.74, 6) is -0.827. The minimum atomic E-state index is -0.864. The monoisotopic (exact) mass is 189 g/mol. The van der Waals surface area contributed by atoms with Gasteiger partial charge in [0.05, 0.1) is 6.10 Å². The first-order valence-electron chi connectivity index (χ1n) is 4.19. The average Bonchev–Trinajstić information content (AvgIpc) is 2.39. The molecule has 2 unspecified atom stereocenters.